The van der Waals surface area contributed by atoms with Gasteiger partial charge in [-0.2, -0.15) is 14.9 Å². The average Bonchev–Trinajstić information content (AvgIpc) is 3.05. The van der Waals surface area contributed by atoms with Crippen LogP contribution in [0.1, 0.15) is 30.3 Å². The number of aromatic amines is 1. The number of nitrogens with zero attached hydrogens (tertiary/aromatic N) is 3. The Morgan fingerprint density at radius 3 is 2.76 bits per heavy atom. The summed E-state index contributed by atoms with van der Waals surface area (Å²) in [6.45, 7) is 2.37. The van der Waals surface area contributed by atoms with Crippen molar-refractivity contribution in [2.45, 2.75) is 26.4 Å². The minimum atomic E-state index is 0.296. The van der Waals surface area contributed by atoms with E-state index in [0.717, 1.165) is 29.8 Å². The van der Waals surface area contributed by atoms with Crippen LogP contribution < -0.4 is 9.47 Å². The number of nitrogens with one attached hydrogen (secondary N) is 1. The number of halogens is 2. The van der Waals surface area contributed by atoms with E-state index >= 15 is 0 Å². The Kier molecular flexibility index (Phi) is 7.30. The summed E-state index contributed by atoms with van der Waals surface area (Å²) >= 11 is 17.4. The van der Waals surface area contributed by atoms with Gasteiger partial charge in [0.05, 0.1) is 13.3 Å². The molecule has 152 valence electrons. The smallest absolute Gasteiger partial charge is 0.216 e. The summed E-state index contributed by atoms with van der Waals surface area (Å²) in [5.41, 5.74) is 1.67. The highest BCUT2D eigenvalue weighted by molar-refractivity contribution is 7.71. The van der Waals surface area contributed by atoms with Crippen molar-refractivity contribution in [1.29, 1.82) is 0 Å². The molecule has 1 aromatic heterocycles. The maximum atomic E-state index is 6.20. The van der Waals surface area contributed by atoms with Crippen LogP contribution in [-0.4, -0.2) is 28.2 Å². The second-order valence-electron chi connectivity index (χ2n) is 6.19. The molecule has 0 aliphatic heterocycles. The fraction of sp³-hybridized carbons (Fsp3) is 0.250. The Hall–Kier alpha value is -2.35. The summed E-state index contributed by atoms with van der Waals surface area (Å²) in [5.74, 6) is 1.98. The number of H-pyrrole nitrogens is 1. The van der Waals surface area contributed by atoms with Gasteiger partial charge in [0.25, 0.3) is 0 Å². The molecule has 6 nitrogen and oxygen atoms in total. The number of ether oxygens (including phenoxy) is 2. The van der Waals surface area contributed by atoms with E-state index in [1.165, 1.54) is 0 Å². The Labute approximate surface area is 184 Å². The van der Waals surface area contributed by atoms with Crippen LogP contribution in [0, 0.1) is 4.77 Å². The standard InChI is InChI=1S/C20H20Cl2N4O2S/c1-3-4-19-24-25-20(29)26(19)23-11-13-5-8-17(18(9-13)27-2)28-12-14-6-7-15(21)10-16(14)22/h5-11H,3-4,12H2,1-2H3,(H,25,29)/b23-11-. The Balaban J connectivity index is 1.76. The van der Waals surface area contributed by atoms with Crippen molar-refractivity contribution in [3.63, 3.8) is 0 Å². The van der Waals surface area contributed by atoms with E-state index in [-0.39, 0.29) is 0 Å². The van der Waals surface area contributed by atoms with E-state index < -0.39 is 0 Å². The van der Waals surface area contributed by atoms with Crippen molar-refractivity contribution >= 4 is 41.6 Å². The lowest BCUT2D eigenvalue weighted by molar-refractivity contribution is 0.284. The maximum absolute atomic E-state index is 6.20. The first-order chi connectivity index (χ1) is 14.0. The molecule has 9 heteroatoms. The molecule has 0 saturated heterocycles. The molecule has 0 radical (unpaired) electrons. The van der Waals surface area contributed by atoms with Gasteiger partial charge in [-0.25, -0.2) is 0 Å². The number of methoxy groups -OCH3 is 1. The summed E-state index contributed by atoms with van der Waals surface area (Å²) in [5, 5.41) is 12.5. The molecule has 3 aromatic rings. The molecule has 0 fully saturated rings. The number of hydrogen-bond acceptors (Lipinski definition) is 5. The van der Waals surface area contributed by atoms with Crippen molar-refractivity contribution in [3.8, 4) is 11.5 Å². The molecule has 0 amide bonds. The highest BCUT2D eigenvalue weighted by Crippen LogP contribution is 2.29. The normalized spacial score (nSPS) is 11.2. The van der Waals surface area contributed by atoms with E-state index in [0.29, 0.717) is 32.9 Å². The van der Waals surface area contributed by atoms with Crippen LogP contribution in [0.2, 0.25) is 10.0 Å². The van der Waals surface area contributed by atoms with Crippen LogP contribution in [0.4, 0.5) is 0 Å². The third-order valence-corrected chi connectivity index (χ3v) is 4.95. The monoisotopic (exact) mass is 450 g/mol. The van der Waals surface area contributed by atoms with Crippen LogP contribution in [0.3, 0.4) is 0 Å². The van der Waals surface area contributed by atoms with Crippen LogP contribution in [0.15, 0.2) is 41.5 Å². The molecule has 1 N–H and O–H groups in total. The molecular formula is C20H20Cl2N4O2S. The fourth-order valence-corrected chi connectivity index (χ4v) is 3.29. The molecule has 0 unspecified atom stereocenters. The average molecular weight is 451 g/mol. The van der Waals surface area contributed by atoms with E-state index in [1.54, 1.807) is 30.1 Å². The Morgan fingerprint density at radius 2 is 2.03 bits per heavy atom. The van der Waals surface area contributed by atoms with Gasteiger partial charge in [0.15, 0.2) is 17.3 Å². The molecule has 0 aliphatic carbocycles. The van der Waals surface area contributed by atoms with Crippen LogP contribution in [0.25, 0.3) is 0 Å². The summed E-state index contributed by atoms with van der Waals surface area (Å²) in [6.07, 6.45) is 3.44. The summed E-state index contributed by atoms with van der Waals surface area (Å²) in [6, 6.07) is 10.8. The first kappa shape index (κ1) is 21.4. The molecule has 2 aromatic carbocycles. The highest BCUT2D eigenvalue weighted by Gasteiger charge is 2.08. The van der Waals surface area contributed by atoms with Gasteiger partial charge in [-0.3, -0.25) is 5.10 Å². The quantitative estimate of drug-likeness (QED) is 0.354. The number of hydrogen-bond donors (Lipinski definition) is 1. The van der Waals surface area contributed by atoms with E-state index in [4.69, 9.17) is 44.9 Å². The largest absolute Gasteiger partial charge is 0.493 e. The summed E-state index contributed by atoms with van der Waals surface area (Å²) in [4.78, 5) is 0. The van der Waals surface area contributed by atoms with Gasteiger partial charge in [-0.05, 0) is 54.5 Å². The number of aromatic nitrogens is 3. The van der Waals surface area contributed by atoms with Crippen molar-refractivity contribution in [2.75, 3.05) is 7.11 Å². The van der Waals surface area contributed by atoms with Crippen LogP contribution in [-0.2, 0) is 13.0 Å². The molecule has 0 atom stereocenters. The number of benzene rings is 2. The minimum Gasteiger partial charge on any atom is -0.493 e. The summed E-state index contributed by atoms with van der Waals surface area (Å²) in [7, 11) is 1.59. The third-order valence-electron chi connectivity index (χ3n) is 4.10. The Bertz CT molecular complexity index is 1080. The fourth-order valence-electron chi connectivity index (χ4n) is 2.63. The molecule has 29 heavy (non-hydrogen) atoms. The van der Waals surface area contributed by atoms with Gasteiger partial charge in [-0.15, -0.1) is 0 Å². The van der Waals surface area contributed by atoms with Gasteiger partial charge in [0.1, 0.15) is 6.61 Å². The minimum absolute atomic E-state index is 0.296. The van der Waals surface area contributed by atoms with Gasteiger partial charge in [-0.1, -0.05) is 36.2 Å². The molecule has 3 rings (SSSR count). The first-order valence-electron chi connectivity index (χ1n) is 8.97. The molecular weight excluding hydrogens is 431 g/mol. The van der Waals surface area contributed by atoms with E-state index in [2.05, 4.69) is 22.2 Å². The SMILES string of the molecule is CCCc1n[nH]c(=S)n1/N=C\c1ccc(OCc2ccc(Cl)cc2Cl)c(OC)c1. The van der Waals surface area contributed by atoms with Crippen molar-refractivity contribution < 1.29 is 9.47 Å². The second-order valence-corrected chi connectivity index (χ2v) is 7.42. The number of aryl methyl sites for hydroxylation is 1. The highest BCUT2D eigenvalue weighted by atomic mass is 35.5. The molecule has 0 aliphatic rings. The third kappa shape index (κ3) is 5.38. The van der Waals surface area contributed by atoms with Crippen molar-refractivity contribution in [2.24, 2.45) is 5.10 Å². The lowest BCUT2D eigenvalue weighted by Gasteiger charge is -2.12. The summed E-state index contributed by atoms with van der Waals surface area (Å²) < 4.78 is 13.4. The van der Waals surface area contributed by atoms with Crippen LogP contribution in [0.5, 0.6) is 11.5 Å². The number of rotatable bonds is 8. The zero-order valence-corrected chi connectivity index (χ0v) is 18.3. The first-order valence-corrected chi connectivity index (χ1v) is 10.1. The van der Waals surface area contributed by atoms with Crippen LogP contribution >= 0.6 is 35.4 Å². The Morgan fingerprint density at radius 1 is 1.21 bits per heavy atom. The van der Waals surface area contributed by atoms with E-state index in [9.17, 15) is 0 Å². The molecule has 0 bridgehead atoms. The molecule has 0 saturated carbocycles. The lowest BCUT2D eigenvalue weighted by atomic mass is 10.2. The zero-order valence-electron chi connectivity index (χ0n) is 16.0. The van der Waals surface area contributed by atoms with Crippen molar-refractivity contribution in [3.05, 3.63) is 68.2 Å². The van der Waals surface area contributed by atoms with Crippen molar-refractivity contribution in [1.82, 2.24) is 14.9 Å². The van der Waals surface area contributed by atoms with Gasteiger partial charge in [0, 0.05) is 22.0 Å². The zero-order chi connectivity index (χ0) is 20.8. The lowest BCUT2D eigenvalue weighted by Crippen LogP contribution is -2.00. The van der Waals surface area contributed by atoms with Gasteiger partial charge >= 0.3 is 0 Å². The predicted octanol–water partition coefficient (Wildman–Crippen LogP) is 5.67. The second kappa shape index (κ2) is 9.91. The predicted molar refractivity (Wildman–Crippen MR) is 118 cm³/mol. The topological polar surface area (TPSA) is 64.4 Å². The maximum Gasteiger partial charge on any atom is 0.216 e. The molecule has 0 spiro atoms. The molecule has 1 heterocycles. The van der Waals surface area contributed by atoms with Gasteiger partial charge in [0.2, 0.25) is 4.77 Å². The van der Waals surface area contributed by atoms with E-state index in [1.807, 2.05) is 24.3 Å². The van der Waals surface area contributed by atoms with Gasteiger partial charge < -0.3 is 9.47 Å².